The Morgan fingerprint density at radius 1 is 0.926 bits per heavy atom. The van der Waals surface area contributed by atoms with Crippen LogP contribution in [0.2, 0.25) is 0 Å². The van der Waals surface area contributed by atoms with Crippen molar-refractivity contribution < 1.29 is 26.7 Å². The fourth-order valence-electron chi connectivity index (χ4n) is 2.71. The van der Waals surface area contributed by atoms with E-state index in [0.29, 0.717) is 5.39 Å². The average Bonchev–Trinajstić information content (AvgIpc) is 2.65. The van der Waals surface area contributed by atoms with Crippen molar-refractivity contribution in [1.29, 1.82) is 0 Å². The van der Waals surface area contributed by atoms with Crippen molar-refractivity contribution in [3.63, 3.8) is 0 Å². The van der Waals surface area contributed by atoms with Crippen LogP contribution in [0.5, 0.6) is 0 Å². The molecular weight excluding hydrogens is 379 g/mol. The van der Waals surface area contributed by atoms with Crippen LogP contribution in [0.15, 0.2) is 71.6 Å². The summed E-state index contributed by atoms with van der Waals surface area (Å²) in [6.45, 7) is -0.364. The molecule has 0 aliphatic heterocycles. The number of hydrogen-bond donors (Lipinski definition) is 2. The highest BCUT2D eigenvalue weighted by Gasteiger charge is 2.30. The summed E-state index contributed by atoms with van der Waals surface area (Å²) in [5.74, 6) is 0. The summed E-state index contributed by atoms with van der Waals surface area (Å²) in [7, 11) is -3.91. The topological polar surface area (TPSA) is 66.4 Å². The van der Waals surface area contributed by atoms with Crippen molar-refractivity contribution in [2.24, 2.45) is 0 Å². The summed E-state index contributed by atoms with van der Waals surface area (Å²) in [4.78, 5) is 0.0696. The lowest BCUT2D eigenvalue weighted by molar-refractivity contribution is -0.137. The molecule has 2 N–H and O–H groups in total. The zero-order chi connectivity index (χ0) is 19.7. The van der Waals surface area contributed by atoms with Crippen molar-refractivity contribution in [3.05, 3.63) is 77.9 Å². The molecule has 0 heterocycles. The van der Waals surface area contributed by atoms with E-state index in [2.05, 4.69) is 4.72 Å². The highest BCUT2D eigenvalue weighted by atomic mass is 32.2. The molecule has 0 saturated heterocycles. The van der Waals surface area contributed by atoms with Gasteiger partial charge in [-0.3, -0.25) is 0 Å². The fourth-order valence-corrected chi connectivity index (χ4v) is 3.97. The number of aliphatic hydroxyl groups excluding tert-OH is 1. The highest BCUT2D eigenvalue weighted by molar-refractivity contribution is 7.89. The largest absolute Gasteiger partial charge is 0.416 e. The van der Waals surface area contributed by atoms with Crippen LogP contribution >= 0.6 is 0 Å². The standard InChI is InChI=1S/C19H16F3NO3S/c20-19(21,22)15-10-8-14(9-11-15)17(24)12-23-27(25,26)18-7-3-5-13-4-1-2-6-16(13)18/h1-11,17,23-24H,12H2. The summed E-state index contributed by atoms with van der Waals surface area (Å²) in [6, 6.07) is 15.8. The number of alkyl halides is 3. The van der Waals surface area contributed by atoms with Gasteiger partial charge < -0.3 is 5.11 Å². The zero-order valence-electron chi connectivity index (χ0n) is 13.9. The smallest absolute Gasteiger partial charge is 0.387 e. The molecule has 0 aromatic heterocycles. The molecule has 3 aromatic rings. The van der Waals surface area contributed by atoms with Crippen LogP contribution in [-0.4, -0.2) is 20.1 Å². The summed E-state index contributed by atoms with van der Waals surface area (Å²) in [5.41, 5.74) is -0.654. The third-order valence-corrected chi connectivity index (χ3v) is 5.61. The second-order valence-electron chi connectivity index (χ2n) is 5.96. The molecule has 0 bridgehead atoms. The number of hydrogen-bond acceptors (Lipinski definition) is 3. The van der Waals surface area contributed by atoms with Crippen LogP contribution in [0, 0.1) is 0 Å². The first-order valence-electron chi connectivity index (χ1n) is 8.01. The second-order valence-corrected chi connectivity index (χ2v) is 7.70. The average molecular weight is 395 g/mol. The third-order valence-electron chi connectivity index (χ3n) is 4.13. The minimum Gasteiger partial charge on any atom is -0.387 e. The molecule has 3 aromatic carbocycles. The van der Waals surface area contributed by atoms with Gasteiger partial charge in [-0.05, 0) is 29.1 Å². The second kappa shape index (κ2) is 7.30. The van der Waals surface area contributed by atoms with Gasteiger partial charge in [0.2, 0.25) is 10.0 Å². The van der Waals surface area contributed by atoms with E-state index in [1.54, 1.807) is 36.4 Å². The number of aliphatic hydroxyl groups is 1. The van der Waals surface area contributed by atoms with Gasteiger partial charge in [0.25, 0.3) is 0 Å². The Kier molecular flexibility index (Phi) is 5.23. The van der Waals surface area contributed by atoms with Crippen molar-refractivity contribution in [2.45, 2.75) is 17.2 Å². The lowest BCUT2D eigenvalue weighted by Gasteiger charge is -2.15. The number of halogens is 3. The molecule has 0 radical (unpaired) electrons. The van der Waals surface area contributed by atoms with E-state index in [4.69, 9.17) is 0 Å². The predicted molar refractivity (Wildman–Crippen MR) is 95.5 cm³/mol. The van der Waals surface area contributed by atoms with Gasteiger partial charge in [0.05, 0.1) is 16.6 Å². The van der Waals surface area contributed by atoms with Crippen LogP contribution in [0.25, 0.3) is 10.8 Å². The molecule has 1 atom stereocenters. The van der Waals surface area contributed by atoms with Gasteiger partial charge >= 0.3 is 6.18 Å². The molecule has 0 saturated carbocycles. The molecule has 142 valence electrons. The van der Waals surface area contributed by atoms with Crippen molar-refractivity contribution in [1.82, 2.24) is 4.72 Å². The van der Waals surface area contributed by atoms with E-state index < -0.39 is 27.9 Å². The molecule has 0 aliphatic rings. The Morgan fingerprint density at radius 2 is 1.56 bits per heavy atom. The normalized spacial score (nSPS) is 13.6. The van der Waals surface area contributed by atoms with Crippen molar-refractivity contribution in [2.75, 3.05) is 6.54 Å². The van der Waals surface area contributed by atoms with Crippen LogP contribution in [0.1, 0.15) is 17.2 Å². The maximum Gasteiger partial charge on any atom is 0.416 e. The van der Waals surface area contributed by atoms with Gasteiger partial charge in [-0.25, -0.2) is 13.1 Å². The summed E-state index contributed by atoms with van der Waals surface area (Å²) >= 11 is 0. The van der Waals surface area contributed by atoms with E-state index in [-0.39, 0.29) is 17.0 Å². The van der Waals surface area contributed by atoms with E-state index in [9.17, 15) is 26.7 Å². The van der Waals surface area contributed by atoms with Crippen LogP contribution in [0.4, 0.5) is 13.2 Å². The quantitative estimate of drug-likeness (QED) is 0.689. The van der Waals surface area contributed by atoms with Crippen LogP contribution in [0.3, 0.4) is 0 Å². The Hall–Kier alpha value is -2.42. The Labute approximate surface area is 154 Å². The number of fused-ring (bicyclic) bond motifs is 1. The van der Waals surface area contributed by atoms with E-state index in [1.807, 2.05) is 0 Å². The van der Waals surface area contributed by atoms with Gasteiger partial charge in [-0.15, -0.1) is 0 Å². The molecular formula is C19H16F3NO3S. The molecule has 0 spiro atoms. The monoisotopic (exact) mass is 395 g/mol. The van der Waals surface area contributed by atoms with Crippen molar-refractivity contribution >= 4 is 20.8 Å². The molecule has 0 amide bonds. The number of nitrogens with one attached hydrogen (secondary N) is 1. The first-order valence-corrected chi connectivity index (χ1v) is 9.49. The first-order chi connectivity index (χ1) is 12.7. The van der Waals surface area contributed by atoms with Gasteiger partial charge in [-0.2, -0.15) is 13.2 Å². The lowest BCUT2D eigenvalue weighted by atomic mass is 10.1. The van der Waals surface area contributed by atoms with Crippen molar-refractivity contribution in [3.8, 4) is 0 Å². The summed E-state index contributed by atoms with van der Waals surface area (Å²) in [5, 5.41) is 11.4. The van der Waals surface area contributed by atoms with E-state index in [0.717, 1.165) is 29.7 Å². The predicted octanol–water partition coefficient (Wildman–Crippen LogP) is 3.87. The van der Waals surface area contributed by atoms with Gasteiger partial charge in [-0.1, -0.05) is 48.5 Å². The highest BCUT2D eigenvalue weighted by Crippen LogP contribution is 2.30. The lowest BCUT2D eigenvalue weighted by Crippen LogP contribution is -2.28. The summed E-state index contributed by atoms with van der Waals surface area (Å²) in [6.07, 6.45) is -5.75. The SMILES string of the molecule is O=S(=O)(NCC(O)c1ccc(C(F)(F)F)cc1)c1cccc2ccccc12. The van der Waals surface area contributed by atoms with Gasteiger partial charge in [0, 0.05) is 11.9 Å². The maximum absolute atomic E-state index is 12.6. The Morgan fingerprint density at radius 3 is 2.22 bits per heavy atom. The Bertz CT molecular complexity index is 1040. The first kappa shape index (κ1) is 19.3. The minimum absolute atomic E-state index is 0.0696. The molecule has 8 heteroatoms. The number of sulfonamides is 1. The fraction of sp³-hybridized carbons (Fsp3) is 0.158. The van der Waals surface area contributed by atoms with Gasteiger partial charge in [0.1, 0.15) is 0 Å². The van der Waals surface area contributed by atoms with E-state index >= 15 is 0 Å². The van der Waals surface area contributed by atoms with Crippen LogP contribution < -0.4 is 4.72 Å². The summed E-state index contributed by atoms with van der Waals surface area (Å²) < 4.78 is 65.3. The van der Waals surface area contributed by atoms with E-state index in [1.165, 1.54) is 6.07 Å². The van der Waals surface area contributed by atoms with Crippen LogP contribution in [-0.2, 0) is 16.2 Å². The molecule has 4 nitrogen and oxygen atoms in total. The number of benzene rings is 3. The third kappa shape index (κ3) is 4.29. The van der Waals surface area contributed by atoms with Gasteiger partial charge in [0.15, 0.2) is 0 Å². The minimum atomic E-state index is -4.47. The molecule has 0 aliphatic carbocycles. The molecule has 27 heavy (non-hydrogen) atoms. The zero-order valence-corrected chi connectivity index (χ0v) is 14.8. The molecule has 0 fully saturated rings. The molecule has 3 rings (SSSR count). The number of rotatable bonds is 5. The Balaban J connectivity index is 1.77. The maximum atomic E-state index is 12.6. The molecule has 1 unspecified atom stereocenters.